The topological polar surface area (TPSA) is 58.6 Å². The van der Waals surface area contributed by atoms with Gasteiger partial charge in [0.2, 0.25) is 5.91 Å². The standard InChI is InChI=1S/C28H37ClN2O3/c1-5-25(27(33)30-22-11-7-8-12-22)31(18-20-10-6-9-13-24(20)29)26(32)19-34-23-16-14-21(15-17-23)28(2,3)4/h6,9-10,13-17,22,25H,5,7-8,11-12,18-19H2,1-4H3,(H,30,33)/t25-/m1/s1. The molecule has 2 aromatic carbocycles. The van der Waals surface area contributed by atoms with Crippen LogP contribution in [0.3, 0.4) is 0 Å². The number of nitrogens with one attached hydrogen (secondary N) is 1. The maximum absolute atomic E-state index is 13.4. The molecule has 0 heterocycles. The van der Waals surface area contributed by atoms with E-state index >= 15 is 0 Å². The predicted molar refractivity (Wildman–Crippen MR) is 137 cm³/mol. The molecule has 1 aliphatic carbocycles. The largest absolute Gasteiger partial charge is 0.484 e. The third-order valence-electron chi connectivity index (χ3n) is 6.47. The van der Waals surface area contributed by atoms with E-state index in [-0.39, 0.29) is 36.4 Å². The molecule has 0 unspecified atom stereocenters. The minimum absolute atomic E-state index is 0.0428. The van der Waals surface area contributed by atoms with E-state index in [9.17, 15) is 9.59 Å². The van der Waals surface area contributed by atoms with Gasteiger partial charge in [0.1, 0.15) is 11.8 Å². The van der Waals surface area contributed by atoms with Gasteiger partial charge in [-0.15, -0.1) is 0 Å². The SMILES string of the molecule is CC[C@H](C(=O)NC1CCCC1)N(Cc1ccccc1Cl)C(=O)COc1ccc(C(C)(C)C)cc1. The van der Waals surface area contributed by atoms with Gasteiger partial charge in [-0.1, -0.05) is 82.5 Å². The van der Waals surface area contributed by atoms with Crippen molar-refractivity contribution in [1.29, 1.82) is 0 Å². The van der Waals surface area contributed by atoms with Crippen molar-refractivity contribution in [3.05, 3.63) is 64.7 Å². The molecule has 34 heavy (non-hydrogen) atoms. The summed E-state index contributed by atoms with van der Waals surface area (Å²) >= 11 is 6.39. The van der Waals surface area contributed by atoms with Gasteiger partial charge in [0.15, 0.2) is 6.61 Å². The lowest BCUT2D eigenvalue weighted by atomic mass is 9.87. The van der Waals surface area contributed by atoms with Gasteiger partial charge in [-0.25, -0.2) is 0 Å². The molecule has 0 spiro atoms. The molecule has 0 aromatic heterocycles. The van der Waals surface area contributed by atoms with Crippen molar-refractivity contribution in [3.8, 4) is 5.75 Å². The number of amides is 2. The summed E-state index contributed by atoms with van der Waals surface area (Å²) in [5, 5.41) is 3.73. The zero-order valence-corrected chi connectivity index (χ0v) is 21.5. The first-order chi connectivity index (χ1) is 16.2. The number of hydrogen-bond donors (Lipinski definition) is 1. The highest BCUT2D eigenvalue weighted by molar-refractivity contribution is 6.31. The Hall–Kier alpha value is -2.53. The summed E-state index contributed by atoms with van der Waals surface area (Å²) in [5.74, 6) is 0.278. The molecule has 1 saturated carbocycles. The third-order valence-corrected chi connectivity index (χ3v) is 6.84. The summed E-state index contributed by atoms with van der Waals surface area (Å²) in [6, 6.07) is 14.8. The lowest BCUT2D eigenvalue weighted by Gasteiger charge is -2.31. The molecule has 3 rings (SSSR count). The maximum Gasteiger partial charge on any atom is 0.261 e. The Morgan fingerprint density at radius 3 is 2.32 bits per heavy atom. The van der Waals surface area contributed by atoms with Gasteiger partial charge in [-0.05, 0) is 54.0 Å². The smallest absolute Gasteiger partial charge is 0.261 e. The quantitative estimate of drug-likeness (QED) is 0.483. The molecule has 2 amide bonds. The lowest BCUT2D eigenvalue weighted by Crippen LogP contribution is -2.52. The summed E-state index contributed by atoms with van der Waals surface area (Å²) in [7, 11) is 0. The van der Waals surface area contributed by atoms with E-state index in [2.05, 4.69) is 26.1 Å². The average Bonchev–Trinajstić information content (AvgIpc) is 3.31. The zero-order chi connectivity index (χ0) is 24.7. The Labute approximate surface area is 208 Å². The number of halogens is 1. The van der Waals surface area contributed by atoms with Crippen molar-refractivity contribution >= 4 is 23.4 Å². The van der Waals surface area contributed by atoms with Crippen molar-refractivity contribution in [2.24, 2.45) is 0 Å². The highest BCUT2D eigenvalue weighted by Crippen LogP contribution is 2.25. The molecule has 2 aromatic rings. The minimum Gasteiger partial charge on any atom is -0.484 e. The van der Waals surface area contributed by atoms with Crippen LogP contribution in [0.1, 0.15) is 70.9 Å². The third kappa shape index (κ3) is 6.99. The minimum atomic E-state index is -0.587. The monoisotopic (exact) mass is 484 g/mol. The van der Waals surface area contributed by atoms with E-state index < -0.39 is 6.04 Å². The van der Waals surface area contributed by atoms with Crippen LogP contribution in [0.15, 0.2) is 48.5 Å². The Balaban J connectivity index is 1.75. The maximum atomic E-state index is 13.4. The molecule has 0 bridgehead atoms. The van der Waals surface area contributed by atoms with E-state index in [0.29, 0.717) is 17.2 Å². The van der Waals surface area contributed by atoms with Crippen LogP contribution in [-0.4, -0.2) is 35.4 Å². The summed E-state index contributed by atoms with van der Waals surface area (Å²) in [5.41, 5.74) is 2.04. The highest BCUT2D eigenvalue weighted by atomic mass is 35.5. The van der Waals surface area contributed by atoms with E-state index in [4.69, 9.17) is 16.3 Å². The van der Waals surface area contributed by atoms with Crippen LogP contribution in [0.5, 0.6) is 5.75 Å². The Kier molecular flexibility index (Phi) is 9.01. The predicted octanol–water partition coefficient (Wildman–Crippen LogP) is 5.88. The van der Waals surface area contributed by atoms with Gasteiger partial charge in [0.05, 0.1) is 0 Å². The van der Waals surface area contributed by atoms with Gasteiger partial charge < -0.3 is 15.0 Å². The molecule has 1 fully saturated rings. The fraction of sp³-hybridized carbons (Fsp3) is 0.500. The Morgan fingerprint density at radius 1 is 1.09 bits per heavy atom. The van der Waals surface area contributed by atoms with E-state index in [1.807, 2.05) is 49.4 Å². The van der Waals surface area contributed by atoms with Gasteiger partial charge in [-0.3, -0.25) is 9.59 Å². The van der Waals surface area contributed by atoms with E-state index in [0.717, 1.165) is 31.2 Å². The highest BCUT2D eigenvalue weighted by Gasteiger charge is 2.31. The molecule has 0 saturated heterocycles. The fourth-order valence-electron chi connectivity index (χ4n) is 4.38. The van der Waals surface area contributed by atoms with Crippen LogP contribution in [0.2, 0.25) is 5.02 Å². The first-order valence-corrected chi connectivity index (χ1v) is 12.6. The normalized spacial score (nSPS) is 15.1. The van der Waals surface area contributed by atoms with E-state index in [1.165, 1.54) is 5.56 Å². The van der Waals surface area contributed by atoms with Gasteiger partial charge in [0, 0.05) is 17.6 Å². The first kappa shape index (κ1) is 26.1. The van der Waals surface area contributed by atoms with Crippen LogP contribution in [-0.2, 0) is 21.5 Å². The zero-order valence-electron chi connectivity index (χ0n) is 20.8. The van der Waals surface area contributed by atoms with Crippen molar-refractivity contribution in [2.45, 2.75) is 83.8 Å². The van der Waals surface area contributed by atoms with Crippen molar-refractivity contribution in [3.63, 3.8) is 0 Å². The summed E-state index contributed by atoms with van der Waals surface area (Å²) < 4.78 is 5.84. The molecular formula is C28H37ClN2O3. The molecular weight excluding hydrogens is 448 g/mol. The number of ether oxygens (including phenoxy) is 1. The second-order valence-corrected chi connectivity index (χ2v) is 10.5. The lowest BCUT2D eigenvalue weighted by molar-refractivity contribution is -0.143. The number of carbonyl (C=O) groups is 2. The van der Waals surface area contributed by atoms with Gasteiger partial charge >= 0.3 is 0 Å². The number of carbonyl (C=O) groups excluding carboxylic acids is 2. The van der Waals surface area contributed by atoms with Crippen LogP contribution < -0.4 is 10.1 Å². The number of nitrogens with zero attached hydrogens (tertiary/aromatic N) is 1. The summed E-state index contributed by atoms with van der Waals surface area (Å²) in [4.78, 5) is 28.2. The second kappa shape index (κ2) is 11.7. The molecule has 0 aliphatic heterocycles. The number of rotatable bonds is 9. The van der Waals surface area contributed by atoms with Crippen LogP contribution in [0.4, 0.5) is 0 Å². The van der Waals surface area contributed by atoms with E-state index in [1.54, 1.807) is 11.0 Å². The molecule has 1 N–H and O–H groups in total. The van der Waals surface area contributed by atoms with Gasteiger partial charge in [0.25, 0.3) is 5.91 Å². The van der Waals surface area contributed by atoms with Crippen molar-refractivity contribution < 1.29 is 14.3 Å². The molecule has 0 radical (unpaired) electrons. The summed E-state index contributed by atoms with van der Waals surface area (Å²) in [6.45, 7) is 8.49. The van der Waals surface area contributed by atoms with Crippen LogP contribution in [0.25, 0.3) is 0 Å². The molecule has 1 atom stereocenters. The fourth-order valence-corrected chi connectivity index (χ4v) is 4.57. The summed E-state index contributed by atoms with van der Waals surface area (Å²) in [6.07, 6.45) is 4.76. The first-order valence-electron chi connectivity index (χ1n) is 12.3. The molecule has 6 heteroatoms. The molecule has 5 nitrogen and oxygen atoms in total. The van der Waals surface area contributed by atoms with Crippen LogP contribution >= 0.6 is 11.6 Å². The molecule has 1 aliphatic rings. The number of benzene rings is 2. The van der Waals surface area contributed by atoms with Crippen LogP contribution in [0, 0.1) is 0 Å². The second-order valence-electron chi connectivity index (χ2n) is 10.1. The number of hydrogen-bond acceptors (Lipinski definition) is 3. The van der Waals surface area contributed by atoms with Crippen molar-refractivity contribution in [2.75, 3.05) is 6.61 Å². The molecule has 184 valence electrons. The Morgan fingerprint density at radius 2 is 1.74 bits per heavy atom. The Bertz CT molecular complexity index is 962. The van der Waals surface area contributed by atoms with Crippen molar-refractivity contribution in [1.82, 2.24) is 10.2 Å². The van der Waals surface area contributed by atoms with Gasteiger partial charge in [-0.2, -0.15) is 0 Å². The average molecular weight is 485 g/mol.